The maximum atomic E-state index is 12.6. The number of benzene rings is 1. The molecule has 26 heavy (non-hydrogen) atoms. The Morgan fingerprint density at radius 1 is 1.31 bits per heavy atom. The van der Waals surface area contributed by atoms with E-state index in [0.717, 1.165) is 24.8 Å². The van der Waals surface area contributed by atoms with Gasteiger partial charge in [0.25, 0.3) is 0 Å². The molecule has 3 fully saturated rings. The largest absolute Gasteiger partial charge is 0.508 e. The fraction of sp³-hybridized carbons (Fsp3) is 0.682. The van der Waals surface area contributed by atoms with Crippen LogP contribution in [0.15, 0.2) is 24.3 Å². The molecule has 142 valence electrons. The average Bonchev–Trinajstić information content (AvgIpc) is 3.08. The summed E-state index contributed by atoms with van der Waals surface area (Å²) in [5.41, 5.74) is 1.07. The fourth-order valence-electron chi connectivity index (χ4n) is 6.13. The number of fused-ring (bicyclic) bond motifs is 1. The van der Waals surface area contributed by atoms with Gasteiger partial charge in [-0.05, 0) is 48.0 Å². The van der Waals surface area contributed by atoms with Gasteiger partial charge in [-0.25, -0.2) is 0 Å². The number of amides is 1. The zero-order valence-corrected chi connectivity index (χ0v) is 16.3. The van der Waals surface area contributed by atoms with Crippen molar-refractivity contribution in [3.63, 3.8) is 0 Å². The van der Waals surface area contributed by atoms with Crippen molar-refractivity contribution >= 4 is 5.91 Å². The molecule has 1 aromatic carbocycles. The van der Waals surface area contributed by atoms with Crippen LogP contribution in [0.1, 0.15) is 58.6 Å². The summed E-state index contributed by atoms with van der Waals surface area (Å²) in [6.45, 7) is 9.24. The number of carbonyl (C=O) groups excluding carboxylic acids is 1. The highest BCUT2D eigenvalue weighted by molar-refractivity contribution is 5.78. The van der Waals surface area contributed by atoms with Crippen molar-refractivity contribution < 1.29 is 14.6 Å². The van der Waals surface area contributed by atoms with Crippen LogP contribution in [0.5, 0.6) is 5.75 Å². The molecule has 0 radical (unpaired) electrons. The van der Waals surface area contributed by atoms with Gasteiger partial charge < -0.3 is 15.2 Å². The van der Waals surface area contributed by atoms with Gasteiger partial charge >= 0.3 is 0 Å². The number of phenolic OH excluding ortho intramolecular Hbond substituents is 1. The van der Waals surface area contributed by atoms with E-state index in [1.54, 1.807) is 6.07 Å². The quantitative estimate of drug-likeness (QED) is 0.858. The Morgan fingerprint density at radius 3 is 2.73 bits per heavy atom. The van der Waals surface area contributed by atoms with Crippen molar-refractivity contribution in [1.82, 2.24) is 5.32 Å². The van der Waals surface area contributed by atoms with Crippen molar-refractivity contribution in [2.45, 2.75) is 59.1 Å². The Balaban J connectivity index is 1.71. The molecular formula is C22H31NO3. The van der Waals surface area contributed by atoms with Crippen LogP contribution in [0.25, 0.3) is 0 Å². The highest BCUT2D eigenvalue weighted by atomic mass is 16.5. The maximum absolute atomic E-state index is 12.6. The van der Waals surface area contributed by atoms with Crippen LogP contribution in [-0.2, 0) is 9.53 Å². The lowest BCUT2D eigenvalue weighted by Gasteiger charge is -2.53. The van der Waals surface area contributed by atoms with Gasteiger partial charge in [0.15, 0.2) is 0 Å². The first-order valence-electron chi connectivity index (χ1n) is 9.97. The minimum absolute atomic E-state index is 0.00594. The number of rotatable bonds is 3. The van der Waals surface area contributed by atoms with Crippen molar-refractivity contribution in [2.24, 2.45) is 28.6 Å². The lowest BCUT2D eigenvalue weighted by Crippen LogP contribution is -2.59. The van der Waals surface area contributed by atoms with E-state index in [2.05, 4.69) is 19.2 Å². The number of ether oxygens (including phenoxy) is 1. The van der Waals surface area contributed by atoms with Crippen molar-refractivity contribution in [2.75, 3.05) is 6.61 Å². The van der Waals surface area contributed by atoms with E-state index in [1.807, 2.05) is 32.0 Å². The molecule has 4 rings (SSSR count). The molecule has 1 heterocycles. The smallest absolute Gasteiger partial charge is 0.222 e. The predicted molar refractivity (Wildman–Crippen MR) is 101 cm³/mol. The molecule has 4 nitrogen and oxygen atoms in total. The SMILES string of the molecule is CC(C)C(=O)N[C@@H]1C(C)(C)[C@@H]2C[C@@H]3[C@@H](c4ccccc4O)OCCC31C2. The molecule has 2 aliphatic carbocycles. The van der Waals surface area contributed by atoms with Gasteiger partial charge in [0.2, 0.25) is 5.91 Å². The molecule has 2 saturated carbocycles. The maximum Gasteiger partial charge on any atom is 0.222 e. The Labute approximate surface area is 156 Å². The van der Waals surface area contributed by atoms with E-state index in [4.69, 9.17) is 4.74 Å². The summed E-state index contributed by atoms with van der Waals surface area (Å²) >= 11 is 0. The molecule has 1 aliphatic heterocycles. The van der Waals surface area contributed by atoms with Gasteiger partial charge in [-0.2, -0.15) is 0 Å². The molecule has 1 amide bonds. The number of phenols is 1. The van der Waals surface area contributed by atoms with Crippen LogP contribution >= 0.6 is 0 Å². The van der Waals surface area contributed by atoms with Gasteiger partial charge in [0.05, 0.1) is 6.10 Å². The first-order valence-corrected chi connectivity index (χ1v) is 9.97. The third-order valence-electron chi connectivity index (χ3n) is 7.56. The normalized spacial score (nSPS) is 37.6. The monoisotopic (exact) mass is 357 g/mol. The Morgan fingerprint density at radius 2 is 2.04 bits per heavy atom. The van der Waals surface area contributed by atoms with Crippen LogP contribution in [0, 0.1) is 28.6 Å². The Hall–Kier alpha value is -1.55. The highest BCUT2D eigenvalue weighted by Gasteiger charge is 2.68. The average molecular weight is 357 g/mol. The summed E-state index contributed by atoms with van der Waals surface area (Å²) in [7, 11) is 0. The van der Waals surface area contributed by atoms with Crippen LogP contribution in [0.4, 0.5) is 0 Å². The van der Waals surface area contributed by atoms with E-state index in [-0.39, 0.29) is 34.8 Å². The third-order valence-corrected chi connectivity index (χ3v) is 7.56. The molecule has 4 heteroatoms. The lowest BCUT2D eigenvalue weighted by atomic mass is 9.58. The molecule has 1 spiro atoms. The molecule has 1 aromatic rings. The van der Waals surface area contributed by atoms with Crippen molar-refractivity contribution in [3.05, 3.63) is 29.8 Å². The number of carbonyl (C=O) groups is 1. The van der Waals surface area contributed by atoms with Crippen molar-refractivity contribution in [1.29, 1.82) is 0 Å². The number of aromatic hydroxyl groups is 1. The highest BCUT2D eigenvalue weighted by Crippen LogP contribution is 2.70. The molecule has 3 aliphatic rings. The number of para-hydroxylation sites is 1. The standard InChI is InChI=1S/C22H31NO3/c1-13(2)19(25)23-20-21(3,4)14-11-16-18(15-7-5-6-8-17(15)24)26-10-9-22(16,20)12-14/h5-8,13-14,16,18,20,24H,9-12H2,1-4H3,(H,23,25)/t14-,16-,18-,20-,22?/m1/s1. The third kappa shape index (κ3) is 2.41. The van der Waals surface area contributed by atoms with Gasteiger partial charge in [-0.3, -0.25) is 4.79 Å². The van der Waals surface area contributed by atoms with E-state index in [1.165, 1.54) is 0 Å². The molecule has 1 unspecified atom stereocenters. The van der Waals surface area contributed by atoms with Crippen LogP contribution in [0.3, 0.4) is 0 Å². The molecule has 5 atom stereocenters. The van der Waals surface area contributed by atoms with Gasteiger partial charge in [0, 0.05) is 24.1 Å². The second-order valence-electron chi connectivity index (χ2n) is 9.49. The van der Waals surface area contributed by atoms with Crippen LogP contribution < -0.4 is 5.32 Å². The zero-order chi connectivity index (χ0) is 18.7. The number of hydrogen-bond donors (Lipinski definition) is 2. The van der Waals surface area contributed by atoms with E-state index < -0.39 is 0 Å². The number of hydrogen-bond acceptors (Lipinski definition) is 3. The summed E-state index contributed by atoms with van der Waals surface area (Å²) in [5, 5.41) is 13.8. The van der Waals surface area contributed by atoms with Crippen LogP contribution in [0.2, 0.25) is 0 Å². The molecule has 2 bridgehead atoms. The topological polar surface area (TPSA) is 58.6 Å². The summed E-state index contributed by atoms with van der Waals surface area (Å²) in [6, 6.07) is 7.72. The lowest BCUT2D eigenvalue weighted by molar-refractivity contribution is -0.139. The minimum Gasteiger partial charge on any atom is -0.508 e. The first-order chi connectivity index (χ1) is 12.3. The van der Waals surface area contributed by atoms with Crippen LogP contribution in [-0.4, -0.2) is 23.7 Å². The summed E-state index contributed by atoms with van der Waals surface area (Å²) < 4.78 is 6.20. The molecular weight excluding hydrogens is 326 g/mol. The van der Waals surface area contributed by atoms with E-state index in [9.17, 15) is 9.90 Å². The van der Waals surface area contributed by atoms with Gasteiger partial charge in [0.1, 0.15) is 5.75 Å². The number of nitrogens with one attached hydrogen (secondary N) is 1. The summed E-state index contributed by atoms with van der Waals surface area (Å²) in [6.07, 6.45) is 3.18. The Kier molecular flexibility index (Phi) is 4.11. The van der Waals surface area contributed by atoms with E-state index >= 15 is 0 Å². The zero-order valence-electron chi connectivity index (χ0n) is 16.3. The molecule has 2 N–H and O–H groups in total. The summed E-state index contributed by atoms with van der Waals surface area (Å²) in [5.74, 6) is 1.39. The predicted octanol–water partition coefficient (Wildman–Crippen LogP) is 4.05. The molecule has 1 saturated heterocycles. The fourth-order valence-corrected chi connectivity index (χ4v) is 6.13. The van der Waals surface area contributed by atoms with E-state index in [0.29, 0.717) is 24.2 Å². The minimum atomic E-state index is -0.0792. The molecule has 0 aromatic heterocycles. The van der Waals surface area contributed by atoms with Gasteiger partial charge in [-0.1, -0.05) is 45.9 Å². The first kappa shape index (κ1) is 17.8. The second-order valence-corrected chi connectivity index (χ2v) is 9.49. The van der Waals surface area contributed by atoms with Gasteiger partial charge in [-0.15, -0.1) is 0 Å². The van der Waals surface area contributed by atoms with Crippen molar-refractivity contribution in [3.8, 4) is 5.75 Å². The Bertz CT molecular complexity index is 713. The second kappa shape index (κ2) is 5.98. The summed E-state index contributed by atoms with van der Waals surface area (Å²) in [4.78, 5) is 12.6.